The fraction of sp³-hybridized carbons (Fsp3) is 0.571. The van der Waals surface area contributed by atoms with Gasteiger partial charge in [-0.25, -0.2) is 14.2 Å². The van der Waals surface area contributed by atoms with Crippen LogP contribution in [0.5, 0.6) is 0 Å². The number of cyclic esters (lactones) is 1. The van der Waals surface area contributed by atoms with Gasteiger partial charge in [-0.05, 0) is 86.6 Å². The number of aromatic nitrogens is 2. The fourth-order valence-electron chi connectivity index (χ4n) is 13.2. The molecule has 610 valence electrons. The molecule has 0 unspecified atom stereocenters. The van der Waals surface area contributed by atoms with Crippen LogP contribution in [0.4, 0.5) is 4.39 Å². The van der Waals surface area contributed by atoms with Crippen LogP contribution in [-0.4, -0.2) is 248 Å². The van der Waals surface area contributed by atoms with Crippen molar-refractivity contribution in [1.82, 2.24) is 57.0 Å². The molecule has 9 rings (SSSR count). The lowest BCUT2D eigenvalue weighted by Crippen LogP contribution is -2.52. The zero-order valence-corrected chi connectivity index (χ0v) is 63.5. The molecule has 3 aliphatic heterocycles. The molecule has 2 aliphatic carbocycles. The van der Waals surface area contributed by atoms with E-state index in [0.717, 1.165) is 17.7 Å². The molecule has 1 saturated carbocycles. The highest BCUT2D eigenvalue weighted by molar-refractivity contribution is 6.13. The summed E-state index contributed by atoms with van der Waals surface area (Å²) in [6.45, 7) is 6.54. The highest BCUT2D eigenvalue weighted by Crippen LogP contribution is 2.48. The number of imide groups is 1. The number of hydrogen-bond acceptors (Lipinski definition) is 24. The number of nitrogens with zero attached hydrogens (tertiary/aromatic N) is 3. The number of halogens is 1. The summed E-state index contributed by atoms with van der Waals surface area (Å²) >= 11 is 0. The highest BCUT2D eigenvalue weighted by atomic mass is 19.1. The molecule has 0 radical (unpaired) electrons. The van der Waals surface area contributed by atoms with Crippen molar-refractivity contribution in [2.45, 2.75) is 134 Å². The summed E-state index contributed by atoms with van der Waals surface area (Å²) in [5, 5.41) is 33.3. The zero-order valence-electron chi connectivity index (χ0n) is 63.5. The summed E-state index contributed by atoms with van der Waals surface area (Å²) in [5.41, 5.74) is 1.82. The highest BCUT2D eigenvalue weighted by Gasteiger charge is 2.50. The fourth-order valence-corrected chi connectivity index (χ4v) is 13.2. The molecular formula is C77H102FN11O23. The Morgan fingerprint density at radius 2 is 1.23 bits per heavy atom. The Kier molecular flexibility index (Phi) is 34.0. The Morgan fingerprint density at radius 3 is 1.88 bits per heavy atom. The largest absolute Gasteiger partial charge is 0.458 e. The van der Waals surface area contributed by atoms with Gasteiger partial charge in [0.25, 0.3) is 17.4 Å². The molecule has 9 N–H and O–H groups in total. The van der Waals surface area contributed by atoms with Gasteiger partial charge >= 0.3 is 5.97 Å². The third-order valence-corrected chi connectivity index (χ3v) is 19.4. The third-order valence-electron chi connectivity index (χ3n) is 19.4. The standard InChI is InChI=1S/C77H102FN11O23/c1-48-52-15-16-57(70-53-45-89-61(71(53)86-59(69(52)70)40-56(48)78)39-55-54(75(89)100)46-111-76(101)77(55,102)41-51-13-14-51)87-72(97)49(2)112-47-83-65(93)43-82-74(99)60(38-50-10-6-4-7-11-50)85-66(94)44-81-64(92)42-80-62(90)18-17-58(84-63(91)12-8-5-9-22-88-67(95)19-20-68(88)96)73(98)79-21-23-104-26-27-106-30-31-108-34-35-110-37-36-109-33-32-107-29-28-105-25-24-103-3/h4,6-7,10-11,19-20,39-40,49,51,57-58,60,102H,5,8-9,12-18,21-38,41-47H2,1-3H3,(H,79,98)(H,80,90)(H,81,92)(H,82,99)(H,83,93)(H,84,91)(H,85,94)(H,87,97)/t49-,57-,58-,60-,77-/m0/s1. The molecule has 5 atom stereocenters. The number of carbonyl (C=O) groups excluding carboxylic acids is 11. The predicted octanol–water partition coefficient (Wildman–Crippen LogP) is 0.205. The molecule has 112 heavy (non-hydrogen) atoms. The summed E-state index contributed by atoms with van der Waals surface area (Å²) in [4.78, 5) is 164. The molecule has 5 aliphatic rings. The number of benzene rings is 2. The van der Waals surface area contributed by atoms with E-state index < -0.39 is 133 Å². The number of amides is 10. The number of ether oxygens (including phenoxy) is 10. The van der Waals surface area contributed by atoms with E-state index in [1.54, 1.807) is 50.4 Å². The van der Waals surface area contributed by atoms with Gasteiger partial charge in [0.2, 0.25) is 47.3 Å². The van der Waals surface area contributed by atoms with E-state index >= 15 is 4.39 Å². The molecule has 2 aromatic carbocycles. The second-order valence-corrected chi connectivity index (χ2v) is 27.5. The molecule has 34 nitrogen and oxygen atoms in total. The molecule has 0 spiro atoms. The smallest absolute Gasteiger partial charge is 0.343 e. The van der Waals surface area contributed by atoms with Gasteiger partial charge in [0, 0.05) is 74.2 Å². The first-order valence-electron chi connectivity index (χ1n) is 37.9. The van der Waals surface area contributed by atoms with Crippen LogP contribution in [0.3, 0.4) is 0 Å². The average Bonchev–Trinajstić information content (AvgIpc) is 1.50. The Balaban J connectivity index is 0.673. The number of nitrogens with one attached hydrogen (secondary N) is 8. The quantitative estimate of drug-likeness (QED) is 0.0109. The monoisotopic (exact) mass is 1570 g/mol. The Bertz CT molecular complexity index is 4050. The molecule has 5 heterocycles. The van der Waals surface area contributed by atoms with Crippen molar-refractivity contribution < 1.29 is 110 Å². The second-order valence-electron chi connectivity index (χ2n) is 27.5. The topological polar surface area (TPSA) is 435 Å². The SMILES string of the molecule is COCCOCCOCCOCCOCCOCCOCCOCCNC(=O)[C@H](CCC(=O)NCC(=O)NCC(=O)N[C@@H](Cc1ccccc1)C(=O)NCC(=O)NCO[C@@H](C)C(=O)N[C@H]1CCc2c(C)c(F)cc3nc4c(c1c23)Cn1c-4cc2c(c1=O)COC(=O)[C@]2(O)CC1CC1)NC(=O)CCCCCN1C(=O)C=CC1=O. The first-order valence-corrected chi connectivity index (χ1v) is 37.9. The molecule has 1 fully saturated rings. The number of unbranched alkanes of at least 4 members (excludes halogenated alkanes) is 2. The second kappa shape index (κ2) is 44.0. The number of methoxy groups -OCH3 is 1. The van der Waals surface area contributed by atoms with Gasteiger partial charge in [0.05, 0.1) is 154 Å². The van der Waals surface area contributed by atoms with E-state index in [0.29, 0.717) is 161 Å². The number of pyridine rings is 2. The average molecular weight is 1570 g/mol. The van der Waals surface area contributed by atoms with Gasteiger partial charge in [-0.15, -0.1) is 0 Å². The predicted molar refractivity (Wildman–Crippen MR) is 396 cm³/mol. The summed E-state index contributed by atoms with van der Waals surface area (Å²) in [6, 6.07) is 8.47. The van der Waals surface area contributed by atoms with Crippen LogP contribution in [0.15, 0.2) is 59.4 Å². The van der Waals surface area contributed by atoms with Gasteiger partial charge in [0.1, 0.15) is 37.3 Å². The molecule has 0 saturated heterocycles. The zero-order chi connectivity index (χ0) is 79.9. The van der Waals surface area contributed by atoms with E-state index in [1.807, 2.05) is 0 Å². The van der Waals surface area contributed by atoms with E-state index in [9.17, 15) is 62.6 Å². The maximum Gasteiger partial charge on any atom is 0.343 e. The van der Waals surface area contributed by atoms with Crippen molar-refractivity contribution in [2.24, 2.45) is 5.92 Å². The summed E-state index contributed by atoms with van der Waals surface area (Å²) < 4.78 is 71.5. The molecule has 4 aromatic rings. The lowest BCUT2D eigenvalue weighted by Gasteiger charge is -2.32. The minimum absolute atomic E-state index is 0.000164. The first kappa shape index (κ1) is 86.4. The van der Waals surface area contributed by atoms with Crippen molar-refractivity contribution in [2.75, 3.05) is 146 Å². The van der Waals surface area contributed by atoms with Crippen molar-refractivity contribution in [3.05, 3.63) is 110 Å². The van der Waals surface area contributed by atoms with Crippen LogP contribution >= 0.6 is 0 Å². The molecule has 2 aromatic heterocycles. The molecule has 0 bridgehead atoms. The number of fused-ring (bicyclic) bond motifs is 5. The Labute approximate surface area is 646 Å². The summed E-state index contributed by atoms with van der Waals surface area (Å²) in [5.74, 6) is -7.42. The number of aliphatic hydroxyl groups is 1. The first-order chi connectivity index (χ1) is 54.1. The van der Waals surface area contributed by atoms with Crippen LogP contribution in [0, 0.1) is 18.7 Å². The van der Waals surface area contributed by atoms with Gasteiger partial charge < -0.3 is 99.6 Å². The minimum atomic E-state index is -2.04. The van der Waals surface area contributed by atoms with Crippen LogP contribution in [-0.2, 0) is 132 Å². The molecule has 35 heteroatoms. The number of aryl methyl sites for hydroxylation is 1. The number of carbonyl (C=O) groups is 11. The maximum absolute atomic E-state index is 15.6. The summed E-state index contributed by atoms with van der Waals surface area (Å²) in [6.07, 6.45) is 4.48. The Hall–Kier alpha value is -9.56. The normalized spacial score (nSPS) is 16.7. The van der Waals surface area contributed by atoms with Gasteiger partial charge in [-0.3, -0.25) is 57.6 Å². The van der Waals surface area contributed by atoms with E-state index in [1.165, 1.54) is 29.7 Å². The van der Waals surface area contributed by atoms with Crippen molar-refractivity contribution in [1.29, 1.82) is 0 Å². The van der Waals surface area contributed by atoms with E-state index in [-0.39, 0.29) is 95.2 Å². The van der Waals surface area contributed by atoms with Gasteiger partial charge in [0.15, 0.2) is 5.60 Å². The lowest BCUT2D eigenvalue weighted by atomic mass is 9.81. The van der Waals surface area contributed by atoms with Crippen LogP contribution in [0.1, 0.15) is 116 Å². The summed E-state index contributed by atoms with van der Waals surface area (Å²) in [7, 11) is 1.61. The van der Waals surface area contributed by atoms with Crippen molar-refractivity contribution in [3.63, 3.8) is 0 Å². The van der Waals surface area contributed by atoms with Crippen LogP contribution < -0.4 is 48.1 Å². The minimum Gasteiger partial charge on any atom is -0.458 e. The third kappa shape index (κ3) is 25.5. The number of rotatable bonds is 52. The van der Waals surface area contributed by atoms with Crippen LogP contribution in [0.25, 0.3) is 22.3 Å². The van der Waals surface area contributed by atoms with Gasteiger partial charge in [-0.1, -0.05) is 49.6 Å². The van der Waals surface area contributed by atoms with Crippen molar-refractivity contribution in [3.8, 4) is 11.4 Å². The van der Waals surface area contributed by atoms with E-state index in [2.05, 4.69) is 42.5 Å². The number of hydrogen-bond donors (Lipinski definition) is 9. The van der Waals surface area contributed by atoms with Crippen LogP contribution in [0.2, 0.25) is 0 Å². The maximum atomic E-state index is 15.6. The number of esters is 1. The Morgan fingerprint density at radius 1 is 0.643 bits per heavy atom. The van der Waals surface area contributed by atoms with E-state index in [4.69, 9.17) is 52.4 Å². The molecule has 10 amide bonds. The van der Waals surface area contributed by atoms with Gasteiger partial charge in [-0.2, -0.15) is 0 Å². The lowest BCUT2D eigenvalue weighted by molar-refractivity contribution is -0.173. The van der Waals surface area contributed by atoms with Crippen molar-refractivity contribution >= 4 is 75.9 Å². The molecular weight excluding hydrogens is 1470 g/mol.